The van der Waals surface area contributed by atoms with Crippen LogP contribution < -0.4 is 5.32 Å². The lowest BCUT2D eigenvalue weighted by Crippen LogP contribution is -2.53. The van der Waals surface area contributed by atoms with Crippen molar-refractivity contribution in [3.8, 4) is 0 Å². The second-order valence-corrected chi connectivity index (χ2v) is 20.3. The molecule has 0 spiro atoms. The molecule has 6 heteroatoms. The van der Waals surface area contributed by atoms with Crippen LogP contribution in [-0.4, -0.2) is 57.3 Å². The fourth-order valence-electron chi connectivity index (χ4n) is 9.40. The Labute approximate surface area is 400 Å². The maximum Gasteiger partial charge on any atom is 0.249 e. The molecule has 0 saturated carbocycles. The van der Waals surface area contributed by atoms with Gasteiger partial charge in [0.15, 0.2) is 0 Å². The van der Waals surface area contributed by atoms with E-state index in [1.54, 1.807) is 0 Å². The minimum atomic E-state index is -1.26. The van der Waals surface area contributed by atoms with Crippen LogP contribution in [0.25, 0.3) is 0 Å². The summed E-state index contributed by atoms with van der Waals surface area (Å²) >= 11 is 0. The summed E-state index contributed by atoms with van der Waals surface area (Å²) in [5, 5.41) is 44.0. The van der Waals surface area contributed by atoms with Gasteiger partial charge < -0.3 is 25.7 Å². The number of hydrogen-bond acceptors (Lipinski definition) is 5. The standard InChI is InChI=1S/C58H115NO5/c1-3-5-7-9-11-13-15-17-19-21-23-25-26-27-28-29-30-31-32-34-35-37-39-41-43-45-47-49-51-55(61)57(63)54(53-60)59-58(64)56(62)52-50-48-46-44-42-40-38-36-33-24-22-20-18-16-14-12-10-8-6-4-2/h33,36,54-57,60-63H,3-32,34-35,37-53H2,1-2H3,(H,59,64)/b36-33-. The van der Waals surface area contributed by atoms with E-state index in [2.05, 4.69) is 31.3 Å². The van der Waals surface area contributed by atoms with Crippen LogP contribution >= 0.6 is 0 Å². The van der Waals surface area contributed by atoms with E-state index in [1.807, 2.05) is 0 Å². The maximum absolute atomic E-state index is 12.6. The quantitative estimate of drug-likeness (QED) is 0.0308. The number of allylic oxidation sites excluding steroid dienone is 2. The predicted octanol–water partition coefficient (Wildman–Crippen LogP) is 16.9. The average molecular weight is 907 g/mol. The predicted molar refractivity (Wildman–Crippen MR) is 279 cm³/mol. The molecule has 0 rings (SSSR count). The number of aliphatic hydroxyl groups is 4. The Morgan fingerprint density at radius 3 is 0.906 bits per heavy atom. The Hall–Kier alpha value is -0.950. The summed E-state index contributed by atoms with van der Waals surface area (Å²) in [7, 11) is 0. The smallest absolute Gasteiger partial charge is 0.249 e. The van der Waals surface area contributed by atoms with Gasteiger partial charge in [0.25, 0.3) is 0 Å². The molecule has 4 unspecified atom stereocenters. The highest BCUT2D eigenvalue weighted by atomic mass is 16.3. The van der Waals surface area contributed by atoms with Crippen molar-refractivity contribution in [2.45, 2.75) is 346 Å². The third-order valence-electron chi connectivity index (χ3n) is 14.0. The number of hydrogen-bond donors (Lipinski definition) is 5. The maximum atomic E-state index is 12.6. The number of carbonyl (C=O) groups is 1. The van der Waals surface area contributed by atoms with Crippen LogP contribution in [0, 0.1) is 0 Å². The lowest BCUT2D eigenvalue weighted by Gasteiger charge is -2.27. The van der Waals surface area contributed by atoms with Gasteiger partial charge >= 0.3 is 0 Å². The summed E-state index contributed by atoms with van der Waals surface area (Å²) in [6.45, 7) is 4.09. The van der Waals surface area contributed by atoms with Crippen molar-refractivity contribution in [1.29, 1.82) is 0 Å². The Kier molecular flexibility index (Phi) is 52.2. The first-order valence-corrected chi connectivity index (χ1v) is 29.1. The molecule has 0 bridgehead atoms. The van der Waals surface area contributed by atoms with Gasteiger partial charge in [0.2, 0.25) is 5.91 Å². The number of unbranched alkanes of at least 4 members (excludes halogenated alkanes) is 43. The Morgan fingerprint density at radius 1 is 0.375 bits per heavy atom. The molecule has 0 aliphatic rings. The lowest BCUT2D eigenvalue weighted by molar-refractivity contribution is -0.132. The summed E-state index contributed by atoms with van der Waals surface area (Å²) in [5.74, 6) is -0.583. The molecule has 1 amide bonds. The number of amides is 1. The normalized spacial score (nSPS) is 13.8. The van der Waals surface area contributed by atoms with Crippen molar-refractivity contribution in [3.05, 3.63) is 12.2 Å². The molecule has 6 nitrogen and oxygen atoms in total. The zero-order chi connectivity index (χ0) is 46.7. The van der Waals surface area contributed by atoms with Crippen molar-refractivity contribution < 1.29 is 25.2 Å². The summed E-state index contributed by atoms with van der Waals surface area (Å²) < 4.78 is 0. The van der Waals surface area contributed by atoms with Crippen LogP contribution in [0.5, 0.6) is 0 Å². The number of aliphatic hydroxyl groups excluding tert-OH is 4. The van der Waals surface area contributed by atoms with Crippen molar-refractivity contribution in [2.75, 3.05) is 6.61 Å². The summed E-state index contributed by atoms with van der Waals surface area (Å²) in [6, 6.07) is -0.986. The Balaban J connectivity index is 3.59. The molecule has 5 N–H and O–H groups in total. The van der Waals surface area contributed by atoms with Crippen molar-refractivity contribution in [3.63, 3.8) is 0 Å². The van der Waals surface area contributed by atoms with Crippen LogP contribution in [0.4, 0.5) is 0 Å². The van der Waals surface area contributed by atoms with Gasteiger partial charge in [-0.3, -0.25) is 4.79 Å². The molecule has 0 saturated heterocycles. The summed E-state index contributed by atoms with van der Waals surface area (Å²) in [4.78, 5) is 12.6. The molecule has 0 aromatic heterocycles. The zero-order valence-corrected chi connectivity index (χ0v) is 43.3. The number of nitrogens with one attached hydrogen (secondary N) is 1. The number of rotatable bonds is 54. The third kappa shape index (κ3) is 46.2. The van der Waals surface area contributed by atoms with E-state index < -0.39 is 36.9 Å². The van der Waals surface area contributed by atoms with Gasteiger partial charge in [-0.15, -0.1) is 0 Å². The molecule has 0 radical (unpaired) electrons. The van der Waals surface area contributed by atoms with E-state index in [1.165, 1.54) is 250 Å². The molecular weight excluding hydrogens is 791 g/mol. The van der Waals surface area contributed by atoms with Gasteiger partial charge in [0.1, 0.15) is 12.2 Å². The van der Waals surface area contributed by atoms with Crippen molar-refractivity contribution in [1.82, 2.24) is 5.32 Å². The molecule has 4 atom stereocenters. The summed E-state index contributed by atoms with van der Waals surface area (Å²) in [6.07, 6.45) is 62.8. The topological polar surface area (TPSA) is 110 Å². The van der Waals surface area contributed by atoms with Crippen LogP contribution in [0.15, 0.2) is 12.2 Å². The van der Waals surface area contributed by atoms with E-state index in [0.29, 0.717) is 12.8 Å². The third-order valence-corrected chi connectivity index (χ3v) is 14.0. The highest BCUT2D eigenvalue weighted by molar-refractivity contribution is 5.80. The summed E-state index contributed by atoms with van der Waals surface area (Å²) in [5.41, 5.74) is 0. The highest BCUT2D eigenvalue weighted by Gasteiger charge is 2.28. The SMILES string of the molecule is CCCCCCCCCCCC/C=C\CCCCCCCCC(O)C(=O)NC(CO)C(O)C(O)CCCCCCCCCCCCCCCCCCCCCCCCCCCCCC. The second-order valence-electron chi connectivity index (χ2n) is 20.3. The fraction of sp³-hybridized carbons (Fsp3) is 0.948. The molecular formula is C58H115NO5. The molecule has 64 heavy (non-hydrogen) atoms. The molecule has 0 aromatic rings. The van der Waals surface area contributed by atoms with Crippen LogP contribution in [0.2, 0.25) is 0 Å². The lowest BCUT2D eigenvalue weighted by atomic mass is 9.99. The van der Waals surface area contributed by atoms with E-state index in [9.17, 15) is 25.2 Å². The van der Waals surface area contributed by atoms with E-state index in [0.717, 1.165) is 44.9 Å². The molecule has 0 aliphatic carbocycles. The van der Waals surface area contributed by atoms with Crippen molar-refractivity contribution in [2.24, 2.45) is 0 Å². The van der Waals surface area contributed by atoms with Crippen LogP contribution in [-0.2, 0) is 4.79 Å². The minimum absolute atomic E-state index is 0.365. The molecule has 382 valence electrons. The van der Waals surface area contributed by atoms with Crippen LogP contribution in [0.3, 0.4) is 0 Å². The van der Waals surface area contributed by atoms with Gasteiger partial charge in [-0.05, 0) is 38.5 Å². The van der Waals surface area contributed by atoms with E-state index >= 15 is 0 Å². The van der Waals surface area contributed by atoms with Gasteiger partial charge in [-0.2, -0.15) is 0 Å². The van der Waals surface area contributed by atoms with Crippen molar-refractivity contribution >= 4 is 5.91 Å². The first kappa shape index (κ1) is 63.0. The Morgan fingerprint density at radius 2 is 0.625 bits per heavy atom. The first-order valence-electron chi connectivity index (χ1n) is 29.1. The fourth-order valence-corrected chi connectivity index (χ4v) is 9.40. The number of carbonyl (C=O) groups excluding carboxylic acids is 1. The second kappa shape index (κ2) is 53.0. The molecule has 0 aliphatic heterocycles. The first-order chi connectivity index (χ1) is 31.5. The monoisotopic (exact) mass is 906 g/mol. The van der Waals surface area contributed by atoms with Gasteiger partial charge in [-0.25, -0.2) is 0 Å². The average Bonchev–Trinajstić information content (AvgIpc) is 3.30. The van der Waals surface area contributed by atoms with E-state index in [-0.39, 0.29) is 0 Å². The van der Waals surface area contributed by atoms with Crippen LogP contribution in [0.1, 0.15) is 322 Å². The molecule has 0 heterocycles. The highest BCUT2D eigenvalue weighted by Crippen LogP contribution is 2.18. The molecule has 0 fully saturated rings. The van der Waals surface area contributed by atoms with Gasteiger partial charge in [0, 0.05) is 0 Å². The minimum Gasteiger partial charge on any atom is -0.394 e. The zero-order valence-electron chi connectivity index (χ0n) is 43.3. The largest absolute Gasteiger partial charge is 0.394 e. The van der Waals surface area contributed by atoms with Gasteiger partial charge in [-0.1, -0.05) is 296 Å². The van der Waals surface area contributed by atoms with E-state index in [4.69, 9.17) is 0 Å². The van der Waals surface area contributed by atoms with Gasteiger partial charge in [0.05, 0.1) is 18.8 Å². The molecule has 0 aromatic carbocycles. The Bertz CT molecular complexity index is 928.